The number of rotatable bonds is 6. The number of benzene rings is 2. The molecule has 0 amide bonds. The van der Waals surface area contributed by atoms with E-state index in [-0.39, 0.29) is 24.3 Å². The number of aromatic nitrogens is 2. The van der Waals surface area contributed by atoms with E-state index in [1.54, 1.807) is 5.51 Å². The maximum absolute atomic E-state index is 13.2. The summed E-state index contributed by atoms with van der Waals surface area (Å²) < 4.78 is 89.6. The molecule has 34 heavy (non-hydrogen) atoms. The lowest BCUT2D eigenvalue weighted by Crippen LogP contribution is -2.42. The van der Waals surface area contributed by atoms with Crippen molar-refractivity contribution in [3.05, 3.63) is 82.1 Å². The van der Waals surface area contributed by atoms with Crippen LogP contribution in [0.25, 0.3) is 0 Å². The lowest BCUT2D eigenvalue weighted by atomic mass is 9.92. The minimum Gasteiger partial charge on any atom is -0.372 e. The van der Waals surface area contributed by atoms with E-state index >= 15 is 0 Å². The average molecular weight is 501 g/mol. The van der Waals surface area contributed by atoms with Crippen LogP contribution in [0.1, 0.15) is 47.0 Å². The predicted octanol–water partition coefficient (Wildman–Crippen LogP) is 6.50. The van der Waals surface area contributed by atoms with Crippen molar-refractivity contribution in [1.82, 2.24) is 14.3 Å². The quantitative estimate of drug-likeness (QED) is 0.362. The molecule has 4 nitrogen and oxygen atoms in total. The fourth-order valence-corrected chi connectivity index (χ4v) is 4.65. The van der Waals surface area contributed by atoms with E-state index in [1.807, 2.05) is 30.3 Å². The minimum atomic E-state index is -4.90. The Hall–Kier alpha value is -2.50. The van der Waals surface area contributed by atoms with E-state index in [2.05, 4.69) is 14.3 Å². The Morgan fingerprint density at radius 1 is 0.971 bits per heavy atom. The monoisotopic (exact) mass is 501 g/mol. The summed E-state index contributed by atoms with van der Waals surface area (Å²) in [6.07, 6.45) is -8.85. The number of halogens is 6. The molecule has 1 saturated heterocycles. The average Bonchev–Trinajstić information content (AvgIpc) is 3.30. The van der Waals surface area contributed by atoms with Gasteiger partial charge in [-0.25, -0.2) is 4.98 Å². The number of hydrogen-bond donors (Lipinski definition) is 0. The van der Waals surface area contributed by atoms with Crippen molar-refractivity contribution in [1.29, 1.82) is 0 Å². The molecule has 0 N–H and O–H groups in total. The second-order valence-corrected chi connectivity index (χ2v) is 8.68. The molecule has 0 saturated carbocycles. The molecule has 2 heterocycles. The second kappa shape index (κ2) is 10.0. The fraction of sp³-hybridized carbons (Fsp3) is 0.391. The summed E-state index contributed by atoms with van der Waals surface area (Å²) in [6.45, 7) is 0.828. The van der Waals surface area contributed by atoms with Crippen molar-refractivity contribution >= 4 is 11.5 Å². The first-order chi connectivity index (χ1) is 16.1. The molecule has 2 aromatic carbocycles. The fourth-order valence-electron chi connectivity index (χ4n) is 4.20. The summed E-state index contributed by atoms with van der Waals surface area (Å²) in [5, 5.41) is 0. The van der Waals surface area contributed by atoms with Crippen LogP contribution in [-0.4, -0.2) is 26.9 Å². The van der Waals surface area contributed by atoms with Gasteiger partial charge in [-0.2, -0.15) is 30.7 Å². The van der Waals surface area contributed by atoms with E-state index in [1.165, 1.54) is 11.5 Å². The molecule has 4 rings (SSSR count). The zero-order chi connectivity index (χ0) is 24.3. The predicted molar refractivity (Wildman–Crippen MR) is 114 cm³/mol. The maximum Gasteiger partial charge on any atom is 0.416 e. The summed E-state index contributed by atoms with van der Waals surface area (Å²) in [5.41, 5.74) is -0.285. The van der Waals surface area contributed by atoms with Crippen LogP contribution < -0.4 is 0 Å². The minimum absolute atomic E-state index is 0.124. The van der Waals surface area contributed by atoms with Gasteiger partial charge < -0.3 is 4.74 Å². The largest absolute Gasteiger partial charge is 0.416 e. The number of hydrogen-bond acceptors (Lipinski definition) is 5. The molecule has 0 bridgehead atoms. The first-order valence-corrected chi connectivity index (χ1v) is 11.4. The summed E-state index contributed by atoms with van der Waals surface area (Å²) in [6, 6.07) is 10.8. The van der Waals surface area contributed by atoms with Gasteiger partial charge in [-0.3, -0.25) is 4.90 Å². The zero-order valence-electron chi connectivity index (χ0n) is 17.8. The van der Waals surface area contributed by atoms with Gasteiger partial charge in [-0.05, 0) is 60.2 Å². The van der Waals surface area contributed by atoms with Crippen LogP contribution in [0.2, 0.25) is 0 Å². The highest BCUT2D eigenvalue weighted by Crippen LogP contribution is 2.38. The number of piperidine rings is 1. The molecule has 1 aromatic heterocycles. The van der Waals surface area contributed by atoms with Crippen LogP contribution in [0.3, 0.4) is 0 Å². The van der Waals surface area contributed by atoms with Gasteiger partial charge in [0.15, 0.2) is 5.82 Å². The SMILES string of the molecule is FC(F)(F)c1cc(CO[C@H]2CCCN(Cc3ncsn3)[C@H]2c2ccccc2)cc(C(F)(F)F)c1. The van der Waals surface area contributed by atoms with Crippen molar-refractivity contribution < 1.29 is 31.1 Å². The zero-order valence-corrected chi connectivity index (χ0v) is 18.6. The third-order valence-electron chi connectivity index (χ3n) is 5.68. The summed E-state index contributed by atoms with van der Waals surface area (Å²) in [5.74, 6) is 0.652. The molecular formula is C23H21F6N3OS. The van der Waals surface area contributed by atoms with Gasteiger partial charge in [-0.1, -0.05) is 30.3 Å². The maximum atomic E-state index is 13.2. The standard InChI is InChI=1S/C23H21F6N3OS/c24-22(25,26)17-9-15(10-18(11-17)23(27,28)29)13-33-19-7-4-8-32(12-20-30-14-34-31-20)21(19)16-5-2-1-3-6-16/h1-3,5-6,9-11,14,19,21H,4,7-8,12-13H2/t19-,21-/m0/s1. The highest BCUT2D eigenvalue weighted by molar-refractivity contribution is 7.03. The van der Waals surface area contributed by atoms with Crippen molar-refractivity contribution in [2.24, 2.45) is 0 Å². The Morgan fingerprint density at radius 2 is 1.65 bits per heavy atom. The summed E-state index contributed by atoms with van der Waals surface area (Å²) >= 11 is 1.24. The van der Waals surface area contributed by atoms with E-state index in [0.717, 1.165) is 18.5 Å². The highest BCUT2D eigenvalue weighted by atomic mass is 32.1. The molecule has 3 aromatic rings. The number of ether oxygens (including phenoxy) is 1. The Balaban J connectivity index is 1.59. The molecule has 0 aliphatic carbocycles. The van der Waals surface area contributed by atoms with Crippen molar-refractivity contribution in [3.8, 4) is 0 Å². The van der Waals surface area contributed by atoms with Crippen LogP contribution in [0.4, 0.5) is 26.3 Å². The second-order valence-electron chi connectivity index (χ2n) is 8.08. The van der Waals surface area contributed by atoms with E-state index < -0.39 is 29.6 Å². The molecule has 2 atom stereocenters. The molecular weight excluding hydrogens is 480 g/mol. The van der Waals surface area contributed by atoms with Gasteiger partial charge in [0.25, 0.3) is 0 Å². The first kappa shape index (κ1) is 24.6. The highest BCUT2D eigenvalue weighted by Gasteiger charge is 2.38. The molecule has 0 spiro atoms. The molecule has 11 heteroatoms. The first-order valence-electron chi connectivity index (χ1n) is 10.6. The third kappa shape index (κ3) is 5.94. The smallest absolute Gasteiger partial charge is 0.372 e. The summed E-state index contributed by atoms with van der Waals surface area (Å²) in [7, 11) is 0. The number of nitrogens with zero attached hydrogens (tertiary/aromatic N) is 3. The molecule has 1 aliphatic rings. The van der Waals surface area contributed by atoms with E-state index in [4.69, 9.17) is 4.74 Å². The number of alkyl halides is 6. The van der Waals surface area contributed by atoms with Gasteiger partial charge in [-0.15, -0.1) is 0 Å². The lowest BCUT2D eigenvalue weighted by Gasteiger charge is -2.41. The normalized spacial score (nSPS) is 19.9. The Labute approximate surface area is 196 Å². The van der Waals surface area contributed by atoms with Crippen LogP contribution in [0.15, 0.2) is 54.0 Å². The lowest BCUT2D eigenvalue weighted by molar-refractivity contribution is -0.143. The Morgan fingerprint density at radius 3 is 2.24 bits per heavy atom. The van der Waals surface area contributed by atoms with Crippen LogP contribution in [-0.2, 0) is 30.2 Å². The summed E-state index contributed by atoms with van der Waals surface area (Å²) in [4.78, 5) is 6.37. The molecule has 1 aliphatic heterocycles. The Kier molecular flexibility index (Phi) is 7.25. The topological polar surface area (TPSA) is 38.2 Å². The van der Waals surface area contributed by atoms with Crippen LogP contribution in [0, 0.1) is 0 Å². The molecule has 0 unspecified atom stereocenters. The Bertz CT molecular complexity index is 1040. The number of likely N-dealkylation sites (tertiary alicyclic amines) is 1. The van der Waals surface area contributed by atoms with Crippen molar-refractivity contribution in [2.45, 2.75) is 50.5 Å². The van der Waals surface area contributed by atoms with E-state index in [0.29, 0.717) is 30.9 Å². The van der Waals surface area contributed by atoms with Gasteiger partial charge in [0.05, 0.1) is 36.4 Å². The van der Waals surface area contributed by atoms with Crippen LogP contribution >= 0.6 is 11.5 Å². The van der Waals surface area contributed by atoms with E-state index in [9.17, 15) is 26.3 Å². The third-order valence-corrected chi connectivity index (χ3v) is 6.20. The van der Waals surface area contributed by atoms with Crippen molar-refractivity contribution in [2.75, 3.05) is 6.54 Å². The van der Waals surface area contributed by atoms with Gasteiger partial charge in [0.2, 0.25) is 0 Å². The molecule has 182 valence electrons. The van der Waals surface area contributed by atoms with Gasteiger partial charge in [0, 0.05) is 0 Å². The van der Waals surface area contributed by atoms with Crippen LogP contribution in [0.5, 0.6) is 0 Å². The molecule has 0 radical (unpaired) electrons. The van der Waals surface area contributed by atoms with Crippen molar-refractivity contribution in [3.63, 3.8) is 0 Å². The molecule has 1 fully saturated rings. The van der Waals surface area contributed by atoms with Gasteiger partial charge in [0.1, 0.15) is 5.51 Å². The van der Waals surface area contributed by atoms with Gasteiger partial charge >= 0.3 is 12.4 Å².